The van der Waals surface area contributed by atoms with Crippen LogP contribution in [0.5, 0.6) is 0 Å². The van der Waals surface area contributed by atoms with Crippen molar-refractivity contribution in [3.8, 4) is 0 Å². The van der Waals surface area contributed by atoms with Crippen molar-refractivity contribution in [2.45, 2.75) is 0 Å². The predicted molar refractivity (Wildman–Crippen MR) is 72.6 cm³/mol. The smallest absolute Gasteiger partial charge is 0.224 e. The van der Waals surface area contributed by atoms with Crippen molar-refractivity contribution in [3.63, 3.8) is 0 Å². The van der Waals surface area contributed by atoms with E-state index in [0.29, 0.717) is 16.8 Å². The third-order valence-electron chi connectivity index (χ3n) is 2.18. The van der Waals surface area contributed by atoms with Gasteiger partial charge < -0.3 is 10.6 Å². The minimum Gasteiger partial charge on any atom is -0.368 e. The molecule has 0 aliphatic rings. The maximum atomic E-state index is 11.5. The van der Waals surface area contributed by atoms with Gasteiger partial charge in [0.15, 0.2) is 5.82 Å². The summed E-state index contributed by atoms with van der Waals surface area (Å²) in [5, 5.41) is 5.99. The Kier molecular flexibility index (Phi) is 5.12. The predicted octanol–water partition coefficient (Wildman–Crippen LogP) is 0.475. The van der Waals surface area contributed by atoms with Gasteiger partial charge in [0.1, 0.15) is 5.02 Å². The van der Waals surface area contributed by atoms with E-state index in [1.165, 1.54) is 24.6 Å². The standard InChI is InChI=1S/C9H16ClN5O2S/c1-11-9-13-6-7(10)8(14-9)12-4-5-18(16,17)15(2)3/h6H,4-5H2,1-3H3,(H2,11,12,13,14). The Morgan fingerprint density at radius 3 is 2.67 bits per heavy atom. The van der Waals surface area contributed by atoms with Gasteiger partial charge in [-0.05, 0) is 0 Å². The molecular formula is C9H16ClN5O2S. The number of nitrogens with zero attached hydrogens (tertiary/aromatic N) is 3. The minimum atomic E-state index is -3.23. The Hall–Kier alpha value is -1.12. The summed E-state index contributed by atoms with van der Waals surface area (Å²) in [7, 11) is 1.44. The first-order valence-electron chi connectivity index (χ1n) is 5.21. The number of anilines is 2. The van der Waals surface area contributed by atoms with E-state index in [9.17, 15) is 8.42 Å². The number of hydrogen-bond acceptors (Lipinski definition) is 6. The molecule has 0 aliphatic carbocycles. The van der Waals surface area contributed by atoms with E-state index in [-0.39, 0.29) is 12.3 Å². The molecule has 0 saturated heterocycles. The fraction of sp³-hybridized carbons (Fsp3) is 0.556. The van der Waals surface area contributed by atoms with Gasteiger partial charge >= 0.3 is 0 Å². The maximum absolute atomic E-state index is 11.5. The van der Waals surface area contributed by atoms with Gasteiger partial charge in [0.25, 0.3) is 0 Å². The van der Waals surface area contributed by atoms with Crippen molar-refractivity contribution in [2.75, 3.05) is 44.1 Å². The molecule has 7 nitrogen and oxygen atoms in total. The van der Waals surface area contributed by atoms with Crippen LogP contribution in [0, 0.1) is 0 Å². The molecule has 102 valence electrons. The van der Waals surface area contributed by atoms with Crippen LogP contribution in [0.4, 0.5) is 11.8 Å². The molecular weight excluding hydrogens is 278 g/mol. The van der Waals surface area contributed by atoms with Crippen LogP contribution in [0.1, 0.15) is 0 Å². The van der Waals surface area contributed by atoms with Crippen molar-refractivity contribution in [1.29, 1.82) is 0 Å². The third kappa shape index (κ3) is 3.97. The molecule has 0 fully saturated rings. The molecule has 0 aliphatic heterocycles. The molecule has 1 aromatic rings. The second kappa shape index (κ2) is 6.17. The number of halogens is 1. The SMILES string of the molecule is CNc1ncc(Cl)c(NCCS(=O)(=O)N(C)C)n1. The van der Waals surface area contributed by atoms with Crippen LogP contribution in [0.15, 0.2) is 6.20 Å². The van der Waals surface area contributed by atoms with Crippen molar-refractivity contribution in [1.82, 2.24) is 14.3 Å². The van der Waals surface area contributed by atoms with E-state index < -0.39 is 10.0 Å². The topological polar surface area (TPSA) is 87.2 Å². The minimum absolute atomic E-state index is 0.0325. The van der Waals surface area contributed by atoms with E-state index in [4.69, 9.17) is 11.6 Å². The highest BCUT2D eigenvalue weighted by Gasteiger charge is 2.13. The van der Waals surface area contributed by atoms with Gasteiger partial charge in [0.05, 0.1) is 11.9 Å². The number of nitrogens with one attached hydrogen (secondary N) is 2. The fourth-order valence-corrected chi connectivity index (χ4v) is 1.98. The van der Waals surface area contributed by atoms with Crippen LogP contribution in [0.25, 0.3) is 0 Å². The normalized spacial score (nSPS) is 11.6. The van der Waals surface area contributed by atoms with Crippen LogP contribution in [0.3, 0.4) is 0 Å². The number of aromatic nitrogens is 2. The molecule has 0 radical (unpaired) electrons. The van der Waals surface area contributed by atoms with E-state index in [2.05, 4.69) is 20.6 Å². The monoisotopic (exact) mass is 293 g/mol. The highest BCUT2D eigenvalue weighted by molar-refractivity contribution is 7.89. The summed E-state index contributed by atoms with van der Waals surface area (Å²) < 4.78 is 24.2. The van der Waals surface area contributed by atoms with Crippen LogP contribution in [-0.4, -0.2) is 56.1 Å². The second-order valence-corrected chi connectivity index (χ2v) is 6.37. The largest absolute Gasteiger partial charge is 0.368 e. The summed E-state index contributed by atoms with van der Waals surface area (Å²) in [5.74, 6) is 0.789. The molecule has 1 heterocycles. The molecule has 0 bridgehead atoms. The van der Waals surface area contributed by atoms with Gasteiger partial charge in [-0.25, -0.2) is 17.7 Å². The zero-order chi connectivity index (χ0) is 13.8. The summed E-state index contributed by atoms with van der Waals surface area (Å²) in [6.07, 6.45) is 1.45. The van der Waals surface area contributed by atoms with Gasteiger partial charge in [-0.2, -0.15) is 4.98 Å². The summed E-state index contributed by atoms with van der Waals surface area (Å²) >= 11 is 5.89. The third-order valence-corrected chi connectivity index (χ3v) is 4.29. The quantitative estimate of drug-likeness (QED) is 0.793. The number of hydrogen-bond donors (Lipinski definition) is 2. The summed E-state index contributed by atoms with van der Waals surface area (Å²) in [5.41, 5.74) is 0. The average molecular weight is 294 g/mol. The van der Waals surface area contributed by atoms with Crippen molar-refractivity contribution < 1.29 is 8.42 Å². The first-order chi connectivity index (χ1) is 8.36. The second-order valence-electron chi connectivity index (χ2n) is 3.67. The van der Waals surface area contributed by atoms with Gasteiger partial charge in [0, 0.05) is 27.7 Å². The molecule has 2 N–H and O–H groups in total. The van der Waals surface area contributed by atoms with Gasteiger partial charge in [-0.3, -0.25) is 0 Å². The number of rotatable bonds is 6. The van der Waals surface area contributed by atoms with E-state index in [1.807, 2.05) is 0 Å². The number of sulfonamides is 1. The Morgan fingerprint density at radius 1 is 1.44 bits per heavy atom. The van der Waals surface area contributed by atoms with E-state index in [1.54, 1.807) is 7.05 Å². The van der Waals surface area contributed by atoms with Gasteiger partial charge in [-0.15, -0.1) is 0 Å². The Bertz CT molecular complexity index is 506. The Balaban J connectivity index is 2.64. The Labute approximate surface area is 112 Å². The van der Waals surface area contributed by atoms with Crippen LogP contribution in [-0.2, 0) is 10.0 Å². The van der Waals surface area contributed by atoms with Crippen molar-refractivity contribution >= 4 is 33.4 Å². The molecule has 18 heavy (non-hydrogen) atoms. The lowest BCUT2D eigenvalue weighted by Gasteiger charge is -2.12. The van der Waals surface area contributed by atoms with Crippen molar-refractivity contribution in [2.24, 2.45) is 0 Å². The van der Waals surface area contributed by atoms with Crippen LogP contribution < -0.4 is 10.6 Å². The molecule has 9 heteroatoms. The van der Waals surface area contributed by atoms with Crippen LogP contribution in [0.2, 0.25) is 5.02 Å². The van der Waals surface area contributed by atoms with E-state index in [0.717, 1.165) is 0 Å². The lowest BCUT2D eigenvalue weighted by Crippen LogP contribution is -2.28. The molecule has 0 aromatic carbocycles. The molecule has 0 amide bonds. The lowest BCUT2D eigenvalue weighted by atomic mass is 10.5. The molecule has 0 saturated carbocycles. The molecule has 0 spiro atoms. The Morgan fingerprint density at radius 2 is 2.11 bits per heavy atom. The molecule has 1 aromatic heterocycles. The van der Waals surface area contributed by atoms with Gasteiger partial charge in [-0.1, -0.05) is 11.6 Å². The van der Waals surface area contributed by atoms with Crippen molar-refractivity contribution in [3.05, 3.63) is 11.2 Å². The zero-order valence-electron chi connectivity index (χ0n) is 10.4. The summed E-state index contributed by atoms with van der Waals surface area (Å²) in [6, 6.07) is 0. The highest BCUT2D eigenvalue weighted by atomic mass is 35.5. The first-order valence-corrected chi connectivity index (χ1v) is 7.20. The fourth-order valence-electron chi connectivity index (χ4n) is 1.09. The molecule has 1 rings (SSSR count). The first kappa shape index (κ1) is 14.9. The maximum Gasteiger partial charge on any atom is 0.224 e. The molecule has 0 atom stereocenters. The van der Waals surface area contributed by atoms with Crippen LogP contribution >= 0.6 is 11.6 Å². The zero-order valence-corrected chi connectivity index (χ0v) is 12.0. The van der Waals surface area contributed by atoms with E-state index >= 15 is 0 Å². The lowest BCUT2D eigenvalue weighted by molar-refractivity contribution is 0.521. The summed E-state index contributed by atoms with van der Waals surface area (Å²) in [6.45, 7) is 0.223. The molecule has 0 unspecified atom stereocenters. The summed E-state index contributed by atoms with van der Waals surface area (Å²) in [4.78, 5) is 8.00. The average Bonchev–Trinajstić information content (AvgIpc) is 2.31. The van der Waals surface area contributed by atoms with Gasteiger partial charge in [0.2, 0.25) is 16.0 Å². The highest BCUT2D eigenvalue weighted by Crippen LogP contribution is 2.18.